The molecule has 0 aromatic rings. The number of fused-ring (bicyclic) bond motifs is 3. The lowest BCUT2D eigenvalue weighted by molar-refractivity contribution is -0.943. The van der Waals surface area contributed by atoms with Crippen molar-refractivity contribution in [1.82, 2.24) is 10.6 Å². The molecule has 3 aliphatic heterocycles. The van der Waals surface area contributed by atoms with Crippen molar-refractivity contribution < 1.29 is 4.90 Å². The molecule has 17 heavy (non-hydrogen) atoms. The fraction of sp³-hybridized carbons (Fsp3) is 0.769. The molecule has 2 bridgehead atoms. The van der Waals surface area contributed by atoms with E-state index in [2.05, 4.69) is 23.5 Å². The summed E-state index contributed by atoms with van der Waals surface area (Å²) < 4.78 is 0. The van der Waals surface area contributed by atoms with Crippen LogP contribution in [0.15, 0.2) is 0 Å². The highest BCUT2D eigenvalue weighted by molar-refractivity contribution is 7.80. The Morgan fingerprint density at radius 3 is 2.94 bits per heavy atom. The van der Waals surface area contributed by atoms with Crippen molar-refractivity contribution >= 4 is 17.3 Å². The number of hydrogen-bond acceptors (Lipinski definition) is 1. The van der Waals surface area contributed by atoms with Gasteiger partial charge in [0.2, 0.25) is 0 Å². The highest BCUT2D eigenvalue weighted by Crippen LogP contribution is 2.25. The molecule has 3 heterocycles. The maximum atomic E-state index is 5.59. The molecule has 4 atom stereocenters. The van der Waals surface area contributed by atoms with Gasteiger partial charge in [0.15, 0.2) is 5.11 Å². The second-order valence-corrected chi connectivity index (χ2v) is 5.52. The summed E-state index contributed by atoms with van der Waals surface area (Å²) >= 11 is 5.19. The van der Waals surface area contributed by atoms with Gasteiger partial charge in [-0.2, -0.15) is 0 Å². The van der Waals surface area contributed by atoms with E-state index in [4.69, 9.17) is 18.6 Å². The Bertz CT molecular complexity index is 323. The van der Waals surface area contributed by atoms with Gasteiger partial charge >= 0.3 is 0 Å². The van der Waals surface area contributed by atoms with Crippen LogP contribution in [0.25, 0.3) is 0 Å². The Balaban J connectivity index is 1.81. The molecule has 3 fully saturated rings. The standard InChI is InChI=1S/C13H21N3S/c1-3-10-9-16-6-5-11(10)7-12(16)8-15-13(17)14-4-2/h1,10-12H,4-9H2,2H3,(H2,14,15,17)/p+1/t10-,11-,12+/m0/s1. The third-order valence-corrected chi connectivity index (χ3v) is 4.40. The van der Waals surface area contributed by atoms with Crippen LogP contribution in [-0.2, 0) is 0 Å². The number of quaternary nitrogens is 1. The molecule has 3 rings (SSSR count). The minimum absolute atomic E-state index is 0.510. The van der Waals surface area contributed by atoms with Crippen molar-refractivity contribution in [3.8, 4) is 12.3 Å². The Hall–Kier alpha value is -0.790. The van der Waals surface area contributed by atoms with Crippen molar-refractivity contribution in [2.24, 2.45) is 11.8 Å². The average Bonchev–Trinajstić information content (AvgIpc) is 2.37. The normalized spacial score (nSPS) is 35.1. The number of rotatable bonds is 3. The first kappa shape index (κ1) is 12.7. The first-order valence-electron chi connectivity index (χ1n) is 6.57. The van der Waals surface area contributed by atoms with Crippen molar-refractivity contribution in [1.29, 1.82) is 0 Å². The van der Waals surface area contributed by atoms with Crippen LogP contribution < -0.4 is 15.5 Å². The molecule has 3 nitrogen and oxygen atoms in total. The van der Waals surface area contributed by atoms with E-state index in [-0.39, 0.29) is 0 Å². The van der Waals surface area contributed by atoms with E-state index < -0.39 is 0 Å². The summed E-state index contributed by atoms with van der Waals surface area (Å²) in [5.74, 6) is 4.22. The second-order valence-electron chi connectivity index (χ2n) is 5.11. The maximum absolute atomic E-state index is 5.59. The Kier molecular flexibility index (Phi) is 4.25. The largest absolute Gasteiger partial charge is 0.363 e. The minimum Gasteiger partial charge on any atom is -0.363 e. The summed E-state index contributed by atoms with van der Waals surface area (Å²) in [7, 11) is 0. The van der Waals surface area contributed by atoms with Gasteiger partial charge in [0.1, 0.15) is 6.04 Å². The van der Waals surface area contributed by atoms with Gasteiger partial charge in [-0.3, -0.25) is 0 Å². The Morgan fingerprint density at radius 2 is 2.35 bits per heavy atom. The van der Waals surface area contributed by atoms with Gasteiger partial charge in [0, 0.05) is 19.4 Å². The molecule has 3 saturated heterocycles. The number of thiocarbonyl (C=S) groups is 1. The number of hydrogen-bond donors (Lipinski definition) is 3. The van der Waals surface area contributed by atoms with Crippen molar-refractivity contribution in [3.63, 3.8) is 0 Å². The zero-order valence-electron chi connectivity index (χ0n) is 10.5. The molecule has 0 spiro atoms. The lowest BCUT2D eigenvalue weighted by atomic mass is 9.76. The van der Waals surface area contributed by atoms with Crippen LogP contribution >= 0.6 is 12.2 Å². The minimum atomic E-state index is 0.510. The van der Waals surface area contributed by atoms with E-state index in [9.17, 15) is 0 Å². The van der Waals surface area contributed by atoms with Crippen LogP contribution in [0.4, 0.5) is 0 Å². The highest BCUT2D eigenvalue weighted by atomic mass is 32.1. The Labute approximate surface area is 109 Å². The first-order chi connectivity index (χ1) is 8.24. The smallest absolute Gasteiger partial charge is 0.166 e. The fourth-order valence-corrected chi connectivity index (χ4v) is 3.40. The van der Waals surface area contributed by atoms with E-state index in [1.54, 1.807) is 4.90 Å². The molecular weight excluding hydrogens is 230 g/mol. The topological polar surface area (TPSA) is 28.5 Å². The predicted molar refractivity (Wildman–Crippen MR) is 73.8 cm³/mol. The summed E-state index contributed by atoms with van der Waals surface area (Å²) in [6, 6.07) is 0.690. The lowest BCUT2D eigenvalue weighted by Crippen LogP contribution is -3.20. The van der Waals surface area contributed by atoms with Gasteiger partial charge in [-0.1, -0.05) is 5.92 Å². The first-order valence-corrected chi connectivity index (χ1v) is 6.97. The third kappa shape index (κ3) is 2.91. The molecule has 0 amide bonds. The van der Waals surface area contributed by atoms with Crippen molar-refractivity contribution in [2.75, 3.05) is 26.2 Å². The van der Waals surface area contributed by atoms with Gasteiger partial charge < -0.3 is 15.5 Å². The number of piperidine rings is 3. The van der Waals surface area contributed by atoms with Crippen LogP contribution in [0.1, 0.15) is 19.8 Å². The maximum Gasteiger partial charge on any atom is 0.166 e. The second kappa shape index (κ2) is 5.70. The monoisotopic (exact) mass is 252 g/mol. The van der Waals surface area contributed by atoms with Crippen LogP contribution in [0.5, 0.6) is 0 Å². The fourth-order valence-electron chi connectivity index (χ4n) is 3.17. The average molecular weight is 252 g/mol. The zero-order valence-corrected chi connectivity index (χ0v) is 11.3. The van der Waals surface area contributed by atoms with Crippen LogP contribution in [0, 0.1) is 24.2 Å². The molecular formula is C13H22N3S+. The molecule has 0 saturated carbocycles. The van der Waals surface area contributed by atoms with E-state index in [0.29, 0.717) is 12.0 Å². The molecule has 4 heteroatoms. The predicted octanol–water partition coefficient (Wildman–Crippen LogP) is -0.603. The Morgan fingerprint density at radius 1 is 1.53 bits per heavy atom. The van der Waals surface area contributed by atoms with Gasteiger partial charge in [0.25, 0.3) is 0 Å². The van der Waals surface area contributed by atoms with Crippen LogP contribution in [-0.4, -0.2) is 37.3 Å². The zero-order chi connectivity index (χ0) is 12.3. The van der Waals surface area contributed by atoms with E-state index in [1.807, 2.05) is 0 Å². The van der Waals surface area contributed by atoms with E-state index in [1.165, 1.54) is 19.4 Å². The number of terminal acetylenes is 1. The van der Waals surface area contributed by atoms with E-state index in [0.717, 1.165) is 30.7 Å². The van der Waals surface area contributed by atoms with Crippen molar-refractivity contribution in [2.45, 2.75) is 25.8 Å². The molecule has 0 aliphatic carbocycles. The van der Waals surface area contributed by atoms with Crippen molar-refractivity contribution in [3.05, 3.63) is 0 Å². The summed E-state index contributed by atoms with van der Waals surface area (Å²) in [6.45, 7) is 6.36. The molecule has 0 radical (unpaired) electrons. The molecule has 0 aromatic heterocycles. The molecule has 3 N–H and O–H groups in total. The number of nitrogens with one attached hydrogen (secondary N) is 3. The summed E-state index contributed by atoms with van der Waals surface area (Å²) in [4.78, 5) is 1.67. The van der Waals surface area contributed by atoms with Gasteiger partial charge in [0.05, 0.1) is 25.6 Å². The van der Waals surface area contributed by atoms with Crippen LogP contribution in [0.3, 0.4) is 0 Å². The van der Waals surface area contributed by atoms with Gasteiger partial charge in [-0.15, -0.1) is 6.42 Å². The summed E-state index contributed by atoms with van der Waals surface area (Å²) in [5.41, 5.74) is 0. The quantitative estimate of drug-likeness (QED) is 0.463. The molecule has 3 aliphatic rings. The van der Waals surface area contributed by atoms with Gasteiger partial charge in [-0.05, 0) is 25.1 Å². The molecule has 1 unspecified atom stereocenters. The third-order valence-electron chi connectivity index (χ3n) is 4.11. The lowest BCUT2D eigenvalue weighted by Gasteiger charge is -2.45. The molecule has 94 valence electrons. The highest BCUT2D eigenvalue weighted by Gasteiger charge is 2.42. The molecule has 0 aromatic carbocycles. The SMILES string of the molecule is C#C[C@H]1C[NH+]2CC[C@H]1C[C@@H]2CNC(=S)NCC. The summed E-state index contributed by atoms with van der Waals surface area (Å²) in [5, 5.41) is 7.23. The van der Waals surface area contributed by atoms with Crippen LogP contribution in [0.2, 0.25) is 0 Å². The van der Waals surface area contributed by atoms with Gasteiger partial charge in [-0.25, -0.2) is 0 Å². The van der Waals surface area contributed by atoms with E-state index >= 15 is 0 Å². The summed E-state index contributed by atoms with van der Waals surface area (Å²) in [6.07, 6.45) is 8.15.